The number of carbonyl (C=O) groups is 1. The summed E-state index contributed by atoms with van der Waals surface area (Å²) in [7, 11) is 0. The van der Waals surface area contributed by atoms with Crippen LogP contribution in [0.2, 0.25) is 5.02 Å². The summed E-state index contributed by atoms with van der Waals surface area (Å²) in [5, 5.41) is 18.3. The fourth-order valence-electron chi connectivity index (χ4n) is 2.15. The number of aromatic nitrogens is 1. The van der Waals surface area contributed by atoms with Gasteiger partial charge in [-0.05, 0) is 37.3 Å². The Hall–Kier alpha value is -2.86. The van der Waals surface area contributed by atoms with Crippen LogP contribution in [-0.4, -0.2) is 22.6 Å². The molecule has 3 aromatic rings. The molecule has 0 radical (unpaired) electrons. The number of halogens is 1. The highest BCUT2D eigenvalue weighted by molar-refractivity contribution is 6.31. The van der Waals surface area contributed by atoms with E-state index in [1.807, 2.05) is 19.1 Å². The number of amides is 1. The van der Waals surface area contributed by atoms with Crippen molar-refractivity contribution in [1.29, 1.82) is 0 Å². The third-order valence-electron chi connectivity index (χ3n) is 3.36. The van der Waals surface area contributed by atoms with Crippen LogP contribution in [0.3, 0.4) is 0 Å². The molecule has 0 atom stereocenters. The Balaban J connectivity index is 1.71. The van der Waals surface area contributed by atoms with Crippen LogP contribution < -0.4 is 4.74 Å². The van der Waals surface area contributed by atoms with E-state index in [1.54, 1.807) is 30.3 Å². The van der Waals surface area contributed by atoms with E-state index >= 15 is 0 Å². The zero-order valence-electron chi connectivity index (χ0n) is 12.8. The minimum atomic E-state index is -0.564. The molecule has 0 aliphatic rings. The molecule has 3 rings (SSSR count). The number of hydrogen-bond acceptors (Lipinski definition) is 4. The zero-order valence-corrected chi connectivity index (χ0v) is 13.5. The van der Waals surface area contributed by atoms with Crippen LogP contribution in [0.4, 0.5) is 5.69 Å². The SMILES string of the molecule is Cc1ccc(OCC(=O)N=Nc2c(O)[nH]c3ccc(Cl)cc23)cc1. The number of aromatic hydroxyl groups is 1. The summed E-state index contributed by atoms with van der Waals surface area (Å²) < 4.78 is 5.33. The van der Waals surface area contributed by atoms with Crippen molar-refractivity contribution in [3.05, 3.63) is 53.1 Å². The molecule has 7 heteroatoms. The van der Waals surface area contributed by atoms with Gasteiger partial charge in [0, 0.05) is 10.4 Å². The van der Waals surface area contributed by atoms with Crippen molar-refractivity contribution in [2.24, 2.45) is 10.2 Å². The Morgan fingerprint density at radius 2 is 2.00 bits per heavy atom. The van der Waals surface area contributed by atoms with Gasteiger partial charge in [0.15, 0.2) is 12.3 Å². The van der Waals surface area contributed by atoms with Crippen molar-refractivity contribution < 1.29 is 14.6 Å². The first-order valence-corrected chi connectivity index (χ1v) is 7.55. The van der Waals surface area contributed by atoms with Crippen molar-refractivity contribution in [2.75, 3.05) is 6.61 Å². The molecule has 0 spiro atoms. The molecular weight excluding hydrogens is 330 g/mol. The summed E-state index contributed by atoms with van der Waals surface area (Å²) in [5.74, 6) is -0.166. The summed E-state index contributed by atoms with van der Waals surface area (Å²) >= 11 is 5.94. The maximum atomic E-state index is 11.8. The average molecular weight is 344 g/mol. The molecule has 0 bridgehead atoms. The number of carbonyl (C=O) groups excluding carboxylic acids is 1. The van der Waals surface area contributed by atoms with Crippen LogP contribution >= 0.6 is 11.6 Å². The minimum absolute atomic E-state index is 0.163. The third-order valence-corrected chi connectivity index (χ3v) is 3.59. The fourth-order valence-corrected chi connectivity index (χ4v) is 2.32. The Bertz CT molecular complexity index is 917. The average Bonchev–Trinajstić information content (AvgIpc) is 2.87. The first-order chi connectivity index (χ1) is 11.5. The van der Waals surface area contributed by atoms with E-state index in [9.17, 15) is 9.90 Å². The van der Waals surface area contributed by atoms with Crippen molar-refractivity contribution in [3.63, 3.8) is 0 Å². The molecule has 0 aliphatic heterocycles. The number of fused-ring (bicyclic) bond motifs is 1. The van der Waals surface area contributed by atoms with Gasteiger partial charge < -0.3 is 14.8 Å². The van der Waals surface area contributed by atoms with Gasteiger partial charge in [-0.15, -0.1) is 10.2 Å². The number of azo groups is 1. The zero-order chi connectivity index (χ0) is 17.1. The largest absolute Gasteiger partial charge is 0.493 e. The minimum Gasteiger partial charge on any atom is -0.493 e. The lowest BCUT2D eigenvalue weighted by Gasteiger charge is -2.02. The van der Waals surface area contributed by atoms with Gasteiger partial charge in [0.2, 0.25) is 5.88 Å². The highest BCUT2D eigenvalue weighted by Gasteiger charge is 2.11. The smallest absolute Gasteiger partial charge is 0.302 e. The van der Waals surface area contributed by atoms with Gasteiger partial charge in [0.1, 0.15) is 5.75 Å². The number of rotatable bonds is 4. The molecule has 0 saturated carbocycles. The third kappa shape index (κ3) is 3.55. The monoisotopic (exact) mass is 343 g/mol. The van der Waals surface area contributed by atoms with Crippen molar-refractivity contribution >= 4 is 34.1 Å². The van der Waals surface area contributed by atoms with Crippen LogP contribution in [0, 0.1) is 6.92 Å². The van der Waals surface area contributed by atoms with E-state index in [1.165, 1.54) is 0 Å². The van der Waals surface area contributed by atoms with Gasteiger partial charge in [0.05, 0.1) is 5.52 Å². The molecule has 122 valence electrons. The number of nitrogens with one attached hydrogen (secondary N) is 1. The Labute approximate surface area is 142 Å². The number of nitrogens with zero attached hydrogens (tertiary/aromatic N) is 2. The second kappa shape index (κ2) is 6.72. The molecule has 1 amide bonds. The first kappa shape index (κ1) is 16.0. The molecule has 0 fully saturated rings. The first-order valence-electron chi connectivity index (χ1n) is 7.17. The maximum Gasteiger partial charge on any atom is 0.302 e. The lowest BCUT2D eigenvalue weighted by atomic mass is 10.2. The molecule has 0 unspecified atom stereocenters. The van der Waals surface area contributed by atoms with E-state index in [0.29, 0.717) is 21.7 Å². The molecule has 2 aromatic carbocycles. The summed E-state index contributed by atoms with van der Waals surface area (Å²) in [4.78, 5) is 14.5. The number of hydrogen-bond donors (Lipinski definition) is 2. The Morgan fingerprint density at radius 3 is 2.75 bits per heavy atom. The van der Waals surface area contributed by atoms with Gasteiger partial charge >= 0.3 is 5.91 Å². The molecule has 0 aliphatic carbocycles. The van der Waals surface area contributed by atoms with Crippen LogP contribution in [0.15, 0.2) is 52.7 Å². The van der Waals surface area contributed by atoms with Gasteiger partial charge in [-0.1, -0.05) is 29.3 Å². The van der Waals surface area contributed by atoms with E-state index in [0.717, 1.165) is 5.56 Å². The quantitative estimate of drug-likeness (QED) is 0.682. The van der Waals surface area contributed by atoms with Crippen LogP contribution in [0.25, 0.3) is 10.9 Å². The van der Waals surface area contributed by atoms with Gasteiger partial charge in [-0.25, -0.2) is 0 Å². The van der Waals surface area contributed by atoms with Crippen LogP contribution in [0.1, 0.15) is 5.56 Å². The lowest BCUT2D eigenvalue weighted by Crippen LogP contribution is -2.07. The van der Waals surface area contributed by atoms with E-state index in [-0.39, 0.29) is 18.2 Å². The topological polar surface area (TPSA) is 87.0 Å². The van der Waals surface area contributed by atoms with Gasteiger partial charge in [-0.3, -0.25) is 4.79 Å². The fraction of sp³-hybridized carbons (Fsp3) is 0.118. The number of H-pyrrole nitrogens is 1. The standard InChI is InChI=1S/C17H14ClN3O3/c1-10-2-5-12(6-3-10)24-9-15(22)20-21-16-13-8-11(18)4-7-14(13)19-17(16)23/h2-8,19,23H,9H2,1H3. The second-order valence-electron chi connectivity index (χ2n) is 5.21. The van der Waals surface area contributed by atoms with Crippen molar-refractivity contribution in [1.82, 2.24) is 4.98 Å². The second-order valence-corrected chi connectivity index (χ2v) is 5.64. The normalized spacial score (nSPS) is 11.2. The highest BCUT2D eigenvalue weighted by atomic mass is 35.5. The molecule has 24 heavy (non-hydrogen) atoms. The van der Waals surface area contributed by atoms with Crippen LogP contribution in [0.5, 0.6) is 11.6 Å². The highest BCUT2D eigenvalue weighted by Crippen LogP contribution is 2.36. The Morgan fingerprint density at radius 1 is 1.25 bits per heavy atom. The summed E-state index contributed by atoms with van der Waals surface area (Å²) in [6.45, 7) is 1.72. The predicted molar refractivity (Wildman–Crippen MR) is 91.2 cm³/mol. The maximum absolute atomic E-state index is 11.8. The van der Waals surface area contributed by atoms with Crippen molar-refractivity contribution in [3.8, 4) is 11.6 Å². The van der Waals surface area contributed by atoms with E-state index in [4.69, 9.17) is 16.3 Å². The van der Waals surface area contributed by atoms with E-state index in [2.05, 4.69) is 15.2 Å². The number of benzene rings is 2. The number of ether oxygens (including phenoxy) is 1. The lowest BCUT2D eigenvalue weighted by molar-refractivity contribution is -0.120. The molecule has 1 aromatic heterocycles. The molecular formula is C17H14ClN3O3. The van der Waals surface area contributed by atoms with Gasteiger partial charge in [0.25, 0.3) is 0 Å². The molecule has 0 saturated heterocycles. The molecule has 2 N–H and O–H groups in total. The number of aromatic amines is 1. The molecule has 6 nitrogen and oxygen atoms in total. The summed E-state index contributed by atoms with van der Waals surface area (Å²) in [5.41, 5.74) is 1.91. The Kier molecular flexibility index (Phi) is 4.48. The predicted octanol–water partition coefficient (Wildman–Crippen LogP) is 4.52. The summed E-state index contributed by atoms with van der Waals surface area (Å²) in [6.07, 6.45) is 0. The summed E-state index contributed by atoms with van der Waals surface area (Å²) in [6, 6.07) is 12.3. The van der Waals surface area contributed by atoms with E-state index < -0.39 is 5.91 Å². The molecule has 1 heterocycles. The van der Waals surface area contributed by atoms with Crippen LogP contribution in [-0.2, 0) is 4.79 Å². The van der Waals surface area contributed by atoms with Crippen molar-refractivity contribution in [2.45, 2.75) is 6.92 Å². The van der Waals surface area contributed by atoms with Gasteiger partial charge in [-0.2, -0.15) is 0 Å². The number of aryl methyl sites for hydroxylation is 1.